The summed E-state index contributed by atoms with van der Waals surface area (Å²) in [6.45, 7) is 0.632. The maximum atomic E-state index is 12.1. The summed E-state index contributed by atoms with van der Waals surface area (Å²) in [5, 5.41) is 11.8. The van der Waals surface area contributed by atoms with Crippen LogP contribution in [0.3, 0.4) is 0 Å². The van der Waals surface area contributed by atoms with Crippen LogP contribution in [0.1, 0.15) is 24.8 Å². The third kappa shape index (κ3) is 2.94. The van der Waals surface area contributed by atoms with Crippen molar-refractivity contribution in [3.8, 4) is 11.5 Å². The van der Waals surface area contributed by atoms with E-state index in [1.54, 1.807) is 0 Å². The van der Waals surface area contributed by atoms with Gasteiger partial charge >= 0.3 is 5.97 Å². The number of carboxylic acid groups (broad SMARTS) is 1. The van der Waals surface area contributed by atoms with Crippen molar-refractivity contribution in [3.05, 3.63) is 23.8 Å². The average molecular weight is 291 g/mol. The molecule has 6 heteroatoms. The van der Waals surface area contributed by atoms with Crippen LogP contribution in [0.2, 0.25) is 0 Å². The molecule has 6 nitrogen and oxygen atoms in total. The van der Waals surface area contributed by atoms with Gasteiger partial charge in [0.2, 0.25) is 12.7 Å². The van der Waals surface area contributed by atoms with Gasteiger partial charge in [-0.3, -0.25) is 9.59 Å². The molecule has 1 heterocycles. The zero-order valence-electron chi connectivity index (χ0n) is 11.5. The molecule has 1 saturated carbocycles. The second kappa shape index (κ2) is 5.63. The Hall–Kier alpha value is -2.24. The van der Waals surface area contributed by atoms with Crippen LogP contribution in [-0.2, 0) is 16.1 Å². The molecule has 0 spiro atoms. The van der Waals surface area contributed by atoms with Crippen LogP contribution in [0.4, 0.5) is 0 Å². The maximum absolute atomic E-state index is 12.1. The fraction of sp³-hybridized carbons (Fsp3) is 0.467. The summed E-state index contributed by atoms with van der Waals surface area (Å²) in [6.07, 6.45) is 1.66. The number of ether oxygens (including phenoxy) is 2. The van der Waals surface area contributed by atoms with E-state index in [9.17, 15) is 9.59 Å². The number of aliphatic carboxylic acids is 1. The van der Waals surface area contributed by atoms with Gasteiger partial charge in [0.1, 0.15) is 0 Å². The molecular weight excluding hydrogens is 274 g/mol. The first-order chi connectivity index (χ1) is 10.1. The highest BCUT2D eigenvalue weighted by Gasteiger charge is 2.33. The van der Waals surface area contributed by atoms with E-state index in [1.807, 2.05) is 18.2 Å². The van der Waals surface area contributed by atoms with E-state index in [1.165, 1.54) is 0 Å². The molecule has 1 aromatic rings. The molecule has 0 unspecified atom stereocenters. The van der Waals surface area contributed by atoms with Crippen LogP contribution in [-0.4, -0.2) is 23.8 Å². The summed E-state index contributed by atoms with van der Waals surface area (Å²) in [4.78, 5) is 23.0. The molecule has 2 aliphatic rings. The maximum Gasteiger partial charge on any atom is 0.306 e. The number of carboxylic acids is 1. The Morgan fingerprint density at radius 3 is 2.71 bits per heavy atom. The zero-order chi connectivity index (χ0) is 14.8. The molecule has 21 heavy (non-hydrogen) atoms. The van der Waals surface area contributed by atoms with E-state index in [0.29, 0.717) is 37.3 Å². The molecule has 0 saturated heterocycles. The first-order valence-electron chi connectivity index (χ1n) is 7.02. The van der Waals surface area contributed by atoms with Crippen molar-refractivity contribution >= 4 is 11.9 Å². The number of hydrogen-bond donors (Lipinski definition) is 2. The van der Waals surface area contributed by atoms with Gasteiger partial charge in [-0.2, -0.15) is 0 Å². The SMILES string of the molecule is O=C(O)[C@H]1CC[C@@H](C(=O)NCc2ccc3c(c2)OCO3)C1. The summed E-state index contributed by atoms with van der Waals surface area (Å²) in [7, 11) is 0. The lowest BCUT2D eigenvalue weighted by Crippen LogP contribution is -2.29. The molecule has 3 rings (SSSR count). The largest absolute Gasteiger partial charge is 0.481 e. The van der Waals surface area contributed by atoms with Crippen LogP contribution in [0, 0.1) is 11.8 Å². The van der Waals surface area contributed by atoms with Crippen molar-refractivity contribution in [2.24, 2.45) is 11.8 Å². The fourth-order valence-electron chi connectivity index (χ4n) is 2.83. The van der Waals surface area contributed by atoms with Gasteiger partial charge in [0, 0.05) is 12.5 Å². The van der Waals surface area contributed by atoms with Gasteiger partial charge in [0.05, 0.1) is 5.92 Å². The lowest BCUT2D eigenvalue weighted by molar-refractivity contribution is -0.141. The molecule has 1 fully saturated rings. The third-order valence-corrected chi connectivity index (χ3v) is 4.06. The van der Waals surface area contributed by atoms with Gasteiger partial charge < -0.3 is 19.9 Å². The predicted octanol–water partition coefficient (Wildman–Crippen LogP) is 1.53. The van der Waals surface area contributed by atoms with Crippen LogP contribution >= 0.6 is 0 Å². The van der Waals surface area contributed by atoms with Gasteiger partial charge in [0.15, 0.2) is 11.5 Å². The minimum Gasteiger partial charge on any atom is -0.481 e. The second-order valence-corrected chi connectivity index (χ2v) is 5.45. The highest BCUT2D eigenvalue weighted by atomic mass is 16.7. The summed E-state index contributed by atoms with van der Waals surface area (Å²) < 4.78 is 10.5. The van der Waals surface area contributed by atoms with Crippen LogP contribution in [0.15, 0.2) is 18.2 Å². The molecule has 0 bridgehead atoms. The average Bonchev–Trinajstić information content (AvgIpc) is 3.12. The van der Waals surface area contributed by atoms with Crippen molar-refractivity contribution in [2.45, 2.75) is 25.8 Å². The Bertz CT molecular complexity index is 571. The number of nitrogens with one attached hydrogen (secondary N) is 1. The number of hydrogen-bond acceptors (Lipinski definition) is 4. The fourth-order valence-corrected chi connectivity index (χ4v) is 2.83. The topological polar surface area (TPSA) is 84.9 Å². The lowest BCUT2D eigenvalue weighted by atomic mass is 10.0. The highest BCUT2D eigenvalue weighted by Crippen LogP contribution is 2.33. The number of rotatable bonds is 4. The summed E-state index contributed by atoms with van der Waals surface area (Å²) in [6, 6.07) is 5.54. The minimum atomic E-state index is -0.805. The number of carbonyl (C=O) groups excluding carboxylic acids is 1. The van der Waals surface area contributed by atoms with E-state index in [4.69, 9.17) is 14.6 Å². The molecule has 1 aliphatic carbocycles. The summed E-state index contributed by atoms with van der Waals surface area (Å²) >= 11 is 0. The van der Waals surface area contributed by atoms with Gasteiger partial charge in [-0.05, 0) is 37.0 Å². The van der Waals surface area contributed by atoms with Crippen molar-refractivity contribution in [1.29, 1.82) is 0 Å². The van der Waals surface area contributed by atoms with Crippen molar-refractivity contribution in [3.63, 3.8) is 0 Å². The van der Waals surface area contributed by atoms with E-state index in [0.717, 1.165) is 5.56 Å². The molecule has 2 atom stereocenters. The van der Waals surface area contributed by atoms with Crippen molar-refractivity contribution in [2.75, 3.05) is 6.79 Å². The molecule has 1 amide bonds. The third-order valence-electron chi connectivity index (χ3n) is 4.06. The number of benzene rings is 1. The monoisotopic (exact) mass is 291 g/mol. The second-order valence-electron chi connectivity index (χ2n) is 5.45. The van der Waals surface area contributed by atoms with E-state index >= 15 is 0 Å². The van der Waals surface area contributed by atoms with Crippen LogP contribution in [0.25, 0.3) is 0 Å². The quantitative estimate of drug-likeness (QED) is 0.879. The van der Waals surface area contributed by atoms with Crippen LogP contribution in [0.5, 0.6) is 11.5 Å². The number of carbonyl (C=O) groups is 2. The Morgan fingerprint density at radius 1 is 1.19 bits per heavy atom. The predicted molar refractivity (Wildman–Crippen MR) is 72.9 cm³/mol. The number of amides is 1. The lowest BCUT2D eigenvalue weighted by Gasteiger charge is -2.11. The van der Waals surface area contributed by atoms with E-state index < -0.39 is 5.97 Å². The van der Waals surface area contributed by atoms with Gasteiger partial charge in [-0.25, -0.2) is 0 Å². The van der Waals surface area contributed by atoms with Crippen molar-refractivity contribution < 1.29 is 24.2 Å². The van der Waals surface area contributed by atoms with Gasteiger partial charge in [0.25, 0.3) is 0 Å². The normalized spacial score (nSPS) is 23.0. The smallest absolute Gasteiger partial charge is 0.306 e. The Balaban J connectivity index is 1.53. The highest BCUT2D eigenvalue weighted by molar-refractivity contribution is 5.80. The number of fused-ring (bicyclic) bond motifs is 1. The molecule has 112 valence electrons. The Kier molecular flexibility index (Phi) is 3.68. The first-order valence-corrected chi connectivity index (χ1v) is 7.02. The van der Waals surface area contributed by atoms with E-state index in [2.05, 4.69) is 5.32 Å². The zero-order valence-corrected chi connectivity index (χ0v) is 11.5. The van der Waals surface area contributed by atoms with Gasteiger partial charge in [-0.15, -0.1) is 0 Å². The van der Waals surface area contributed by atoms with Crippen LogP contribution < -0.4 is 14.8 Å². The minimum absolute atomic E-state index is 0.0728. The molecular formula is C15H17NO5. The molecule has 0 aromatic heterocycles. The Morgan fingerprint density at radius 2 is 1.95 bits per heavy atom. The summed E-state index contributed by atoms with van der Waals surface area (Å²) in [5.74, 6) is -0.0531. The van der Waals surface area contributed by atoms with Gasteiger partial charge in [-0.1, -0.05) is 6.07 Å². The molecule has 0 radical (unpaired) electrons. The first kappa shape index (κ1) is 13.7. The molecule has 2 N–H and O–H groups in total. The standard InChI is InChI=1S/C15H17NO5/c17-14(10-2-3-11(6-10)15(18)19)16-7-9-1-4-12-13(5-9)21-8-20-12/h1,4-5,10-11H,2-3,6-8H2,(H,16,17)(H,18,19)/t10-,11+/m1/s1. The Labute approximate surface area is 122 Å². The van der Waals surface area contributed by atoms with E-state index in [-0.39, 0.29) is 24.5 Å². The molecule has 1 aliphatic heterocycles. The summed E-state index contributed by atoms with van der Waals surface area (Å²) in [5.41, 5.74) is 0.931. The molecule has 1 aromatic carbocycles. The van der Waals surface area contributed by atoms with Crippen molar-refractivity contribution in [1.82, 2.24) is 5.32 Å².